The van der Waals surface area contributed by atoms with Gasteiger partial charge in [-0.25, -0.2) is 0 Å². The molecule has 0 heterocycles. The van der Waals surface area contributed by atoms with Crippen LogP contribution in [0.15, 0.2) is 46.9 Å². The van der Waals surface area contributed by atoms with Gasteiger partial charge in [-0.2, -0.15) is 0 Å². The third kappa shape index (κ3) is 3.96. The van der Waals surface area contributed by atoms with Gasteiger partial charge < -0.3 is 5.32 Å². The van der Waals surface area contributed by atoms with Crippen molar-refractivity contribution in [2.45, 2.75) is 39.2 Å². The summed E-state index contributed by atoms with van der Waals surface area (Å²) < 4.78 is 1.13. The smallest absolute Gasteiger partial charge is 0.0574 e. The lowest BCUT2D eigenvalue weighted by Gasteiger charge is -2.22. The SMILES string of the molecule is CNC(c1ccc(C(C)(C)C)cc1)c1cc(C)cc(Br)c1. The summed E-state index contributed by atoms with van der Waals surface area (Å²) in [5.41, 5.74) is 5.41. The number of rotatable bonds is 3. The van der Waals surface area contributed by atoms with Gasteiger partial charge in [-0.3, -0.25) is 0 Å². The minimum absolute atomic E-state index is 0.194. The molecule has 0 aromatic heterocycles. The average molecular weight is 346 g/mol. The fraction of sp³-hybridized carbons (Fsp3) is 0.368. The van der Waals surface area contributed by atoms with Crippen molar-refractivity contribution in [1.82, 2.24) is 5.32 Å². The molecule has 2 aromatic rings. The number of hydrogen-bond donors (Lipinski definition) is 1. The average Bonchev–Trinajstić information content (AvgIpc) is 2.38. The van der Waals surface area contributed by atoms with Crippen LogP contribution in [0.2, 0.25) is 0 Å². The van der Waals surface area contributed by atoms with E-state index in [4.69, 9.17) is 0 Å². The molecule has 0 spiro atoms. The molecule has 1 N–H and O–H groups in total. The summed E-state index contributed by atoms with van der Waals surface area (Å²) in [6.07, 6.45) is 0. The normalized spacial score (nSPS) is 13.2. The van der Waals surface area contributed by atoms with Crippen molar-refractivity contribution in [3.8, 4) is 0 Å². The molecule has 0 aliphatic heterocycles. The van der Waals surface area contributed by atoms with Crippen LogP contribution in [0.25, 0.3) is 0 Å². The molecule has 2 aromatic carbocycles. The van der Waals surface area contributed by atoms with Crippen molar-refractivity contribution >= 4 is 15.9 Å². The molecule has 112 valence electrons. The lowest BCUT2D eigenvalue weighted by molar-refractivity contribution is 0.589. The second-order valence-corrected chi connectivity index (χ2v) is 7.57. The zero-order valence-corrected chi connectivity index (χ0v) is 15.1. The van der Waals surface area contributed by atoms with Crippen LogP contribution in [0, 0.1) is 6.92 Å². The van der Waals surface area contributed by atoms with Crippen molar-refractivity contribution in [1.29, 1.82) is 0 Å². The number of benzene rings is 2. The summed E-state index contributed by atoms with van der Waals surface area (Å²) in [4.78, 5) is 0. The molecule has 0 amide bonds. The molecule has 0 aliphatic rings. The molecule has 0 fully saturated rings. The molecule has 1 atom stereocenters. The zero-order chi connectivity index (χ0) is 15.6. The third-order valence-electron chi connectivity index (χ3n) is 3.80. The van der Waals surface area contributed by atoms with Crippen LogP contribution < -0.4 is 5.32 Å². The highest BCUT2D eigenvalue weighted by Crippen LogP contribution is 2.28. The van der Waals surface area contributed by atoms with Crippen LogP contribution in [0.5, 0.6) is 0 Å². The van der Waals surface area contributed by atoms with Gasteiger partial charge in [-0.05, 0) is 53.8 Å². The summed E-state index contributed by atoms with van der Waals surface area (Å²) >= 11 is 3.59. The van der Waals surface area contributed by atoms with Gasteiger partial charge >= 0.3 is 0 Å². The van der Waals surface area contributed by atoms with E-state index in [1.165, 1.54) is 22.3 Å². The van der Waals surface area contributed by atoms with Crippen molar-refractivity contribution in [2.75, 3.05) is 7.05 Å². The predicted octanol–water partition coefficient (Wildman–Crippen LogP) is 5.36. The highest BCUT2D eigenvalue weighted by Gasteiger charge is 2.16. The Kier molecular flexibility index (Phi) is 4.90. The molecule has 0 aliphatic carbocycles. The van der Waals surface area contributed by atoms with E-state index in [-0.39, 0.29) is 11.5 Å². The molecular weight excluding hydrogens is 322 g/mol. The predicted molar refractivity (Wildman–Crippen MR) is 94.9 cm³/mol. The van der Waals surface area contributed by atoms with Crippen LogP contribution in [-0.4, -0.2) is 7.05 Å². The van der Waals surface area contributed by atoms with E-state index in [0.717, 1.165) is 4.47 Å². The fourth-order valence-corrected chi connectivity index (χ4v) is 3.26. The quantitative estimate of drug-likeness (QED) is 0.788. The standard InChI is InChI=1S/C19H24BrN/c1-13-10-15(12-17(20)11-13)18(21-5)14-6-8-16(9-7-14)19(2,3)4/h6-12,18,21H,1-5H3. The Bertz CT molecular complexity index is 588. The summed E-state index contributed by atoms with van der Waals surface area (Å²) in [6.45, 7) is 8.86. The molecule has 2 heteroatoms. The zero-order valence-electron chi connectivity index (χ0n) is 13.5. The number of aryl methyl sites for hydroxylation is 1. The molecule has 0 saturated carbocycles. The first-order chi connectivity index (χ1) is 9.81. The summed E-state index contributed by atoms with van der Waals surface area (Å²) in [6, 6.07) is 15.7. The maximum Gasteiger partial charge on any atom is 0.0574 e. The van der Waals surface area contributed by atoms with E-state index in [2.05, 4.69) is 91.4 Å². The Morgan fingerprint density at radius 3 is 2.05 bits per heavy atom. The Morgan fingerprint density at radius 2 is 1.57 bits per heavy atom. The van der Waals surface area contributed by atoms with Crippen molar-refractivity contribution in [3.05, 3.63) is 69.2 Å². The van der Waals surface area contributed by atoms with E-state index in [0.29, 0.717) is 0 Å². The number of hydrogen-bond acceptors (Lipinski definition) is 1. The fourth-order valence-electron chi connectivity index (χ4n) is 2.63. The van der Waals surface area contributed by atoms with Crippen LogP contribution in [0.4, 0.5) is 0 Å². The van der Waals surface area contributed by atoms with Crippen molar-refractivity contribution < 1.29 is 0 Å². The van der Waals surface area contributed by atoms with Gasteiger partial charge in [0.05, 0.1) is 6.04 Å². The first-order valence-corrected chi connectivity index (χ1v) is 8.15. The monoisotopic (exact) mass is 345 g/mol. The Morgan fingerprint density at radius 1 is 0.952 bits per heavy atom. The molecule has 0 bridgehead atoms. The van der Waals surface area contributed by atoms with Gasteiger partial charge in [0.2, 0.25) is 0 Å². The van der Waals surface area contributed by atoms with Gasteiger partial charge in [0.15, 0.2) is 0 Å². The van der Waals surface area contributed by atoms with E-state index in [1.54, 1.807) is 0 Å². The summed E-state index contributed by atoms with van der Waals surface area (Å²) in [7, 11) is 2.01. The number of halogens is 1. The molecule has 0 saturated heterocycles. The van der Waals surface area contributed by atoms with E-state index in [1.807, 2.05) is 7.05 Å². The van der Waals surface area contributed by atoms with Gasteiger partial charge in [0.25, 0.3) is 0 Å². The maximum absolute atomic E-state index is 3.59. The van der Waals surface area contributed by atoms with Crippen molar-refractivity contribution in [3.63, 3.8) is 0 Å². The minimum atomic E-state index is 0.194. The highest BCUT2D eigenvalue weighted by molar-refractivity contribution is 9.10. The first-order valence-electron chi connectivity index (χ1n) is 7.36. The van der Waals surface area contributed by atoms with Crippen molar-refractivity contribution in [2.24, 2.45) is 0 Å². The Balaban J connectivity index is 2.37. The Labute approximate surface area is 136 Å². The van der Waals surface area contributed by atoms with E-state index >= 15 is 0 Å². The van der Waals surface area contributed by atoms with Crippen LogP contribution in [0.1, 0.15) is 49.1 Å². The molecule has 2 rings (SSSR count). The Hall–Kier alpha value is -1.12. The summed E-state index contributed by atoms with van der Waals surface area (Å²) in [5.74, 6) is 0. The topological polar surface area (TPSA) is 12.0 Å². The van der Waals surface area contributed by atoms with Crippen LogP contribution in [0.3, 0.4) is 0 Å². The van der Waals surface area contributed by atoms with Gasteiger partial charge in [-0.1, -0.05) is 67.0 Å². The second kappa shape index (κ2) is 6.33. The molecular formula is C19H24BrN. The largest absolute Gasteiger partial charge is 0.309 e. The molecule has 21 heavy (non-hydrogen) atoms. The van der Waals surface area contributed by atoms with E-state index < -0.39 is 0 Å². The second-order valence-electron chi connectivity index (χ2n) is 6.66. The van der Waals surface area contributed by atoms with Crippen LogP contribution in [-0.2, 0) is 5.41 Å². The van der Waals surface area contributed by atoms with Gasteiger partial charge in [-0.15, -0.1) is 0 Å². The highest BCUT2D eigenvalue weighted by atomic mass is 79.9. The summed E-state index contributed by atoms with van der Waals surface area (Å²) in [5, 5.41) is 3.43. The van der Waals surface area contributed by atoms with E-state index in [9.17, 15) is 0 Å². The molecule has 1 nitrogen and oxygen atoms in total. The van der Waals surface area contributed by atoms with Gasteiger partial charge in [0.1, 0.15) is 0 Å². The third-order valence-corrected chi connectivity index (χ3v) is 4.25. The first kappa shape index (κ1) is 16.3. The lowest BCUT2D eigenvalue weighted by Crippen LogP contribution is -2.18. The lowest BCUT2D eigenvalue weighted by atomic mass is 9.85. The maximum atomic E-state index is 3.59. The molecule has 0 radical (unpaired) electrons. The number of nitrogens with one attached hydrogen (secondary N) is 1. The minimum Gasteiger partial charge on any atom is -0.309 e. The molecule has 1 unspecified atom stereocenters. The van der Waals surface area contributed by atoms with Crippen LogP contribution >= 0.6 is 15.9 Å². The van der Waals surface area contributed by atoms with Gasteiger partial charge in [0, 0.05) is 4.47 Å².